The van der Waals surface area contributed by atoms with Crippen molar-refractivity contribution in [1.29, 1.82) is 0 Å². The number of carboxylic acid groups (broad SMARTS) is 1. The van der Waals surface area contributed by atoms with Crippen LogP contribution in [0.15, 0.2) is 0 Å². The van der Waals surface area contributed by atoms with Crippen molar-refractivity contribution in [3.05, 3.63) is 0 Å². The Morgan fingerprint density at radius 1 is 1.37 bits per heavy atom. The molecule has 0 radical (unpaired) electrons. The van der Waals surface area contributed by atoms with Crippen molar-refractivity contribution in [1.82, 2.24) is 4.90 Å². The SMILES string of the molecule is C[C@@H]1CC[C@H](CCC(=O)N2CCOC[C@@H]2C(=O)O)O1. The fraction of sp³-hybridized carbons (Fsp3) is 0.846. The molecule has 1 N–H and O–H groups in total. The number of hydrogen-bond acceptors (Lipinski definition) is 4. The van der Waals surface area contributed by atoms with Gasteiger partial charge >= 0.3 is 5.97 Å². The van der Waals surface area contributed by atoms with E-state index < -0.39 is 12.0 Å². The number of carbonyl (C=O) groups is 2. The van der Waals surface area contributed by atoms with Gasteiger partial charge in [0.2, 0.25) is 5.91 Å². The van der Waals surface area contributed by atoms with Gasteiger partial charge in [0.1, 0.15) is 0 Å². The molecule has 6 heteroatoms. The van der Waals surface area contributed by atoms with Crippen LogP contribution in [0.25, 0.3) is 0 Å². The molecule has 0 aromatic rings. The Hall–Kier alpha value is -1.14. The van der Waals surface area contributed by atoms with Crippen LogP contribution in [0.5, 0.6) is 0 Å². The Bertz CT molecular complexity index is 346. The van der Waals surface area contributed by atoms with Gasteiger partial charge in [0.25, 0.3) is 0 Å². The number of aliphatic carboxylic acids is 1. The Labute approximate surface area is 112 Å². The first kappa shape index (κ1) is 14.3. The number of hydrogen-bond donors (Lipinski definition) is 1. The van der Waals surface area contributed by atoms with E-state index >= 15 is 0 Å². The van der Waals surface area contributed by atoms with E-state index in [4.69, 9.17) is 14.6 Å². The molecule has 2 heterocycles. The summed E-state index contributed by atoms with van der Waals surface area (Å²) in [5.74, 6) is -1.11. The molecule has 0 aromatic heterocycles. The minimum Gasteiger partial charge on any atom is -0.480 e. The average Bonchev–Trinajstić information content (AvgIpc) is 2.81. The van der Waals surface area contributed by atoms with E-state index in [1.165, 1.54) is 4.90 Å². The number of nitrogens with zero attached hydrogens (tertiary/aromatic N) is 1. The third-order valence-electron chi connectivity index (χ3n) is 3.73. The first-order chi connectivity index (χ1) is 9.08. The molecule has 2 rings (SSSR count). The zero-order chi connectivity index (χ0) is 13.8. The molecule has 3 atom stereocenters. The molecule has 2 aliphatic rings. The maximum Gasteiger partial charge on any atom is 0.328 e. The van der Waals surface area contributed by atoms with Crippen molar-refractivity contribution >= 4 is 11.9 Å². The molecule has 0 saturated carbocycles. The highest BCUT2D eigenvalue weighted by Gasteiger charge is 2.33. The third-order valence-corrected chi connectivity index (χ3v) is 3.73. The summed E-state index contributed by atoms with van der Waals surface area (Å²) in [6.45, 7) is 2.88. The highest BCUT2D eigenvalue weighted by molar-refractivity contribution is 5.84. The normalized spacial score (nSPS) is 31.4. The van der Waals surface area contributed by atoms with E-state index in [0.717, 1.165) is 12.8 Å². The lowest BCUT2D eigenvalue weighted by Gasteiger charge is -2.33. The van der Waals surface area contributed by atoms with Crippen molar-refractivity contribution in [3.63, 3.8) is 0 Å². The summed E-state index contributed by atoms with van der Waals surface area (Å²) in [6, 6.07) is -0.843. The van der Waals surface area contributed by atoms with E-state index in [9.17, 15) is 9.59 Å². The van der Waals surface area contributed by atoms with Crippen LogP contribution < -0.4 is 0 Å². The molecule has 2 fully saturated rings. The predicted octanol–water partition coefficient (Wildman–Crippen LogP) is 0.646. The summed E-state index contributed by atoms with van der Waals surface area (Å²) in [7, 11) is 0. The number of rotatable bonds is 4. The number of ether oxygens (including phenoxy) is 2. The van der Waals surface area contributed by atoms with Gasteiger partial charge in [0, 0.05) is 13.0 Å². The van der Waals surface area contributed by atoms with Gasteiger partial charge in [0.05, 0.1) is 25.4 Å². The second-order valence-corrected chi connectivity index (χ2v) is 5.20. The fourth-order valence-electron chi connectivity index (χ4n) is 2.63. The highest BCUT2D eigenvalue weighted by atomic mass is 16.5. The Balaban J connectivity index is 1.82. The van der Waals surface area contributed by atoms with Gasteiger partial charge in [-0.2, -0.15) is 0 Å². The van der Waals surface area contributed by atoms with Crippen molar-refractivity contribution in [2.75, 3.05) is 19.8 Å². The van der Waals surface area contributed by atoms with Gasteiger partial charge < -0.3 is 19.5 Å². The maximum atomic E-state index is 12.1. The van der Waals surface area contributed by atoms with E-state index in [-0.39, 0.29) is 24.7 Å². The number of morpholine rings is 1. The molecule has 0 aromatic carbocycles. The van der Waals surface area contributed by atoms with Crippen LogP contribution in [0.2, 0.25) is 0 Å². The lowest BCUT2D eigenvalue weighted by atomic mass is 10.1. The van der Waals surface area contributed by atoms with Crippen LogP contribution in [0.3, 0.4) is 0 Å². The lowest BCUT2D eigenvalue weighted by Crippen LogP contribution is -2.52. The van der Waals surface area contributed by atoms with Gasteiger partial charge in [-0.25, -0.2) is 4.79 Å². The van der Waals surface area contributed by atoms with E-state index in [0.29, 0.717) is 26.0 Å². The van der Waals surface area contributed by atoms with Crippen molar-refractivity contribution in [3.8, 4) is 0 Å². The smallest absolute Gasteiger partial charge is 0.328 e. The molecule has 0 unspecified atom stereocenters. The molecular formula is C13H21NO5. The van der Waals surface area contributed by atoms with Gasteiger partial charge in [-0.3, -0.25) is 4.79 Å². The monoisotopic (exact) mass is 271 g/mol. The van der Waals surface area contributed by atoms with Crippen LogP contribution in [0, 0.1) is 0 Å². The largest absolute Gasteiger partial charge is 0.480 e. The zero-order valence-electron chi connectivity index (χ0n) is 11.2. The van der Waals surface area contributed by atoms with Crippen molar-refractivity contribution in [2.24, 2.45) is 0 Å². The summed E-state index contributed by atoms with van der Waals surface area (Å²) in [6.07, 6.45) is 3.46. The van der Waals surface area contributed by atoms with Gasteiger partial charge in [0.15, 0.2) is 6.04 Å². The second-order valence-electron chi connectivity index (χ2n) is 5.20. The molecule has 2 aliphatic heterocycles. The Morgan fingerprint density at radius 2 is 2.16 bits per heavy atom. The topological polar surface area (TPSA) is 76.1 Å². The molecule has 6 nitrogen and oxygen atoms in total. The van der Waals surface area contributed by atoms with Crippen LogP contribution in [0.4, 0.5) is 0 Å². The quantitative estimate of drug-likeness (QED) is 0.812. The first-order valence-corrected chi connectivity index (χ1v) is 6.83. The number of amides is 1. The molecule has 0 spiro atoms. The molecule has 1 amide bonds. The van der Waals surface area contributed by atoms with Crippen LogP contribution in [0.1, 0.15) is 32.6 Å². The molecule has 2 saturated heterocycles. The summed E-state index contributed by atoms with van der Waals surface area (Å²) in [4.78, 5) is 24.6. The number of carbonyl (C=O) groups excluding carboxylic acids is 1. The molecule has 108 valence electrons. The van der Waals surface area contributed by atoms with Crippen LogP contribution in [-0.2, 0) is 19.1 Å². The standard InChI is InChI=1S/C13H21NO5/c1-9-2-3-10(19-9)4-5-12(15)14-6-7-18-8-11(14)13(16)17/h9-11H,2-8H2,1H3,(H,16,17)/t9-,10-,11-/m1/s1. The van der Waals surface area contributed by atoms with Crippen molar-refractivity contribution < 1.29 is 24.2 Å². The fourth-order valence-corrected chi connectivity index (χ4v) is 2.63. The predicted molar refractivity (Wildman–Crippen MR) is 66.8 cm³/mol. The summed E-state index contributed by atoms with van der Waals surface area (Å²) >= 11 is 0. The molecule has 19 heavy (non-hydrogen) atoms. The lowest BCUT2D eigenvalue weighted by molar-refractivity contribution is -0.158. The average molecular weight is 271 g/mol. The van der Waals surface area contributed by atoms with Crippen LogP contribution >= 0.6 is 0 Å². The van der Waals surface area contributed by atoms with E-state index in [1.54, 1.807) is 0 Å². The number of carboxylic acids is 1. The zero-order valence-corrected chi connectivity index (χ0v) is 11.2. The second kappa shape index (κ2) is 6.34. The minimum absolute atomic E-state index is 0.0814. The van der Waals surface area contributed by atoms with Gasteiger partial charge in [-0.15, -0.1) is 0 Å². The maximum absolute atomic E-state index is 12.1. The summed E-state index contributed by atoms with van der Waals surface area (Å²) < 4.78 is 10.8. The first-order valence-electron chi connectivity index (χ1n) is 6.83. The van der Waals surface area contributed by atoms with E-state index in [1.807, 2.05) is 6.92 Å². The Morgan fingerprint density at radius 3 is 2.79 bits per heavy atom. The highest BCUT2D eigenvalue weighted by Crippen LogP contribution is 2.23. The Kier molecular flexibility index (Phi) is 4.76. The summed E-state index contributed by atoms with van der Waals surface area (Å²) in [5.41, 5.74) is 0. The molecular weight excluding hydrogens is 250 g/mol. The van der Waals surface area contributed by atoms with Crippen molar-refractivity contribution in [2.45, 2.75) is 50.9 Å². The van der Waals surface area contributed by atoms with Gasteiger partial charge in [-0.05, 0) is 26.2 Å². The summed E-state index contributed by atoms with van der Waals surface area (Å²) in [5, 5.41) is 9.07. The third kappa shape index (κ3) is 3.67. The van der Waals surface area contributed by atoms with Gasteiger partial charge in [-0.1, -0.05) is 0 Å². The molecule has 0 bridgehead atoms. The molecule has 0 aliphatic carbocycles. The minimum atomic E-state index is -1.00. The van der Waals surface area contributed by atoms with E-state index in [2.05, 4.69) is 0 Å². The van der Waals surface area contributed by atoms with Crippen LogP contribution in [-0.4, -0.2) is 59.9 Å².